The second-order valence-corrected chi connectivity index (χ2v) is 11.1. The predicted molar refractivity (Wildman–Crippen MR) is 148 cm³/mol. The number of aryl methyl sites for hydroxylation is 1. The quantitative estimate of drug-likeness (QED) is 0.288. The Labute approximate surface area is 235 Å². The van der Waals surface area contributed by atoms with Crippen molar-refractivity contribution in [3.8, 4) is 11.5 Å². The summed E-state index contributed by atoms with van der Waals surface area (Å²) in [5, 5.41) is 0.635. The summed E-state index contributed by atoms with van der Waals surface area (Å²) in [7, 11) is -2.54. The molecule has 0 aliphatic carbocycles. The average Bonchev–Trinajstić information content (AvgIpc) is 3.53. The number of nitrogens with one attached hydrogen (secondary N) is 1. The minimum atomic E-state index is -4.29. The van der Waals surface area contributed by atoms with Gasteiger partial charge >= 0.3 is 5.97 Å². The van der Waals surface area contributed by atoms with E-state index in [0.29, 0.717) is 44.7 Å². The molecule has 1 aromatic heterocycles. The summed E-state index contributed by atoms with van der Waals surface area (Å²) in [6, 6.07) is 15.4. The molecule has 2 amide bonds. The van der Waals surface area contributed by atoms with Crippen LogP contribution in [0.1, 0.15) is 39.9 Å². The van der Waals surface area contributed by atoms with Crippen molar-refractivity contribution < 1.29 is 37.0 Å². The number of rotatable bonds is 9. The first-order chi connectivity index (χ1) is 19.6. The monoisotopic (exact) mass is 577 g/mol. The summed E-state index contributed by atoms with van der Waals surface area (Å²) in [5.74, 6) is -1.97. The summed E-state index contributed by atoms with van der Waals surface area (Å²) in [5.41, 5.74) is 7.93. The lowest BCUT2D eigenvalue weighted by atomic mass is 9.90. The van der Waals surface area contributed by atoms with E-state index in [1.807, 2.05) is 0 Å². The van der Waals surface area contributed by atoms with Gasteiger partial charge in [0.2, 0.25) is 18.6 Å². The van der Waals surface area contributed by atoms with Crippen molar-refractivity contribution in [1.29, 1.82) is 0 Å². The molecule has 0 bridgehead atoms. The van der Waals surface area contributed by atoms with Crippen LogP contribution >= 0.6 is 0 Å². The molecule has 1 atom stereocenters. The molecular formula is C29H27N3O8S. The van der Waals surface area contributed by atoms with Gasteiger partial charge in [-0.2, -0.15) is 0 Å². The molecule has 212 valence electrons. The van der Waals surface area contributed by atoms with E-state index in [4.69, 9.17) is 19.9 Å². The van der Waals surface area contributed by atoms with Gasteiger partial charge in [0.1, 0.15) is 0 Å². The number of carbonyl (C=O) groups excluding carboxylic acids is 3. The number of benzene rings is 3. The van der Waals surface area contributed by atoms with Crippen molar-refractivity contribution in [1.82, 2.24) is 9.29 Å². The maximum atomic E-state index is 13.8. The molecule has 3 N–H and O–H groups in total. The first kappa shape index (κ1) is 27.7. The topological polar surface area (TPSA) is 156 Å². The molecule has 0 saturated heterocycles. The third kappa shape index (κ3) is 5.59. The molecule has 2 heterocycles. The molecule has 1 aliphatic heterocycles. The lowest BCUT2D eigenvalue weighted by Crippen LogP contribution is -2.35. The number of primary amides is 1. The third-order valence-corrected chi connectivity index (χ3v) is 8.09. The Bertz CT molecular complexity index is 1780. The van der Waals surface area contributed by atoms with Gasteiger partial charge in [0.05, 0.1) is 23.8 Å². The highest BCUT2D eigenvalue weighted by Gasteiger charge is 2.31. The number of amides is 2. The van der Waals surface area contributed by atoms with E-state index < -0.39 is 33.7 Å². The van der Waals surface area contributed by atoms with Crippen LogP contribution in [0.4, 0.5) is 0 Å². The molecule has 12 heteroatoms. The highest BCUT2D eigenvalue weighted by Crippen LogP contribution is 2.39. The van der Waals surface area contributed by atoms with Gasteiger partial charge in [-0.25, -0.2) is 13.1 Å². The fourth-order valence-corrected chi connectivity index (χ4v) is 5.77. The predicted octanol–water partition coefficient (Wildman–Crippen LogP) is 2.75. The highest BCUT2D eigenvalue weighted by atomic mass is 32.2. The van der Waals surface area contributed by atoms with E-state index in [1.54, 1.807) is 61.1 Å². The zero-order valence-electron chi connectivity index (χ0n) is 22.2. The van der Waals surface area contributed by atoms with Crippen molar-refractivity contribution in [2.75, 3.05) is 13.4 Å². The number of ether oxygens (including phenoxy) is 3. The summed E-state index contributed by atoms with van der Waals surface area (Å²) in [4.78, 5) is 37.2. The minimum Gasteiger partial charge on any atom is -0.466 e. The maximum absolute atomic E-state index is 13.8. The zero-order chi connectivity index (χ0) is 29.3. The number of hydrogen-bond donors (Lipinski definition) is 2. The van der Waals surface area contributed by atoms with Gasteiger partial charge in [-0.05, 0) is 60.0 Å². The number of esters is 1. The van der Waals surface area contributed by atoms with E-state index in [9.17, 15) is 22.8 Å². The number of nitrogens with two attached hydrogens (primary N) is 1. The number of aromatic nitrogens is 1. The van der Waals surface area contributed by atoms with Crippen LogP contribution in [0, 0.1) is 0 Å². The van der Waals surface area contributed by atoms with E-state index in [0.717, 1.165) is 0 Å². The lowest BCUT2D eigenvalue weighted by molar-refractivity contribution is -0.142. The molecule has 4 aromatic rings. The summed E-state index contributed by atoms with van der Waals surface area (Å²) < 4.78 is 46.4. The Morgan fingerprint density at radius 2 is 1.76 bits per heavy atom. The van der Waals surface area contributed by atoms with Crippen molar-refractivity contribution in [2.45, 2.75) is 24.2 Å². The van der Waals surface area contributed by atoms with Crippen LogP contribution in [0.25, 0.3) is 10.9 Å². The number of hydrogen-bond acceptors (Lipinski definition) is 8. The van der Waals surface area contributed by atoms with Gasteiger partial charge in [0, 0.05) is 29.7 Å². The van der Waals surface area contributed by atoms with Crippen molar-refractivity contribution in [2.24, 2.45) is 12.8 Å². The van der Waals surface area contributed by atoms with Gasteiger partial charge in [0.25, 0.3) is 10.0 Å². The summed E-state index contributed by atoms with van der Waals surface area (Å²) >= 11 is 0. The van der Waals surface area contributed by atoms with E-state index in [1.165, 1.54) is 24.3 Å². The number of carbonyl (C=O) groups is 3. The molecule has 0 saturated carbocycles. The fourth-order valence-electron chi connectivity index (χ4n) is 4.78. The number of sulfonamides is 1. The lowest BCUT2D eigenvalue weighted by Gasteiger charge is -2.18. The molecule has 41 heavy (non-hydrogen) atoms. The molecule has 11 nitrogen and oxygen atoms in total. The van der Waals surface area contributed by atoms with E-state index in [2.05, 4.69) is 4.72 Å². The highest BCUT2D eigenvalue weighted by molar-refractivity contribution is 7.90. The SMILES string of the molecule is CCOC(=O)Cc1ccc(S(=O)(=O)NC(=O)C(c2ccc3c(c2)OCO3)c2cn(C)c3cc(C(N)=O)ccc23)cc1. The average molecular weight is 578 g/mol. The molecule has 0 fully saturated rings. The first-order valence-electron chi connectivity index (χ1n) is 12.7. The van der Waals surface area contributed by atoms with Gasteiger partial charge in [-0.1, -0.05) is 24.3 Å². The smallest absolute Gasteiger partial charge is 0.310 e. The van der Waals surface area contributed by atoms with Crippen LogP contribution in [0.5, 0.6) is 11.5 Å². The fraction of sp³-hybridized carbons (Fsp3) is 0.207. The van der Waals surface area contributed by atoms with Crippen LogP contribution < -0.4 is 19.9 Å². The Kier molecular flexibility index (Phi) is 7.41. The molecule has 3 aromatic carbocycles. The van der Waals surface area contributed by atoms with Gasteiger partial charge < -0.3 is 24.5 Å². The van der Waals surface area contributed by atoms with Gasteiger partial charge in [-0.3, -0.25) is 14.4 Å². The van der Waals surface area contributed by atoms with Crippen molar-refractivity contribution in [3.05, 3.63) is 89.1 Å². The Hall–Kier alpha value is -4.84. The van der Waals surface area contributed by atoms with Crippen LogP contribution in [0.2, 0.25) is 0 Å². The zero-order valence-corrected chi connectivity index (χ0v) is 23.1. The third-order valence-electron chi connectivity index (χ3n) is 6.73. The van der Waals surface area contributed by atoms with Crippen LogP contribution in [0.15, 0.2) is 71.8 Å². The van der Waals surface area contributed by atoms with Gasteiger partial charge in [-0.15, -0.1) is 0 Å². The second kappa shape index (κ2) is 11.0. The maximum Gasteiger partial charge on any atom is 0.310 e. The van der Waals surface area contributed by atoms with Crippen molar-refractivity contribution in [3.63, 3.8) is 0 Å². The second-order valence-electron chi connectivity index (χ2n) is 9.43. The molecule has 0 radical (unpaired) electrons. The Morgan fingerprint density at radius 1 is 1.02 bits per heavy atom. The van der Waals surface area contributed by atoms with E-state index in [-0.39, 0.29) is 24.7 Å². The van der Waals surface area contributed by atoms with Crippen LogP contribution in [-0.4, -0.2) is 44.2 Å². The largest absolute Gasteiger partial charge is 0.466 e. The normalized spacial score (nSPS) is 13.1. The molecule has 1 aliphatic rings. The first-order valence-corrected chi connectivity index (χ1v) is 14.1. The van der Waals surface area contributed by atoms with Gasteiger partial charge in [0.15, 0.2) is 11.5 Å². The minimum absolute atomic E-state index is 0.00867. The standard InChI is InChI=1S/C29H27N3O8S/c1-3-38-26(33)12-17-4-8-20(9-5-17)41(36,37)31-29(35)27(18-7-11-24-25(14-18)40-16-39-24)22-15-32(2)23-13-19(28(30)34)6-10-21(22)23/h4-11,13-15,27H,3,12,16H2,1-2H3,(H2,30,34)(H,31,35). The Balaban J connectivity index is 1.51. The molecule has 5 rings (SSSR count). The number of nitrogens with zero attached hydrogens (tertiary/aromatic N) is 1. The molecule has 0 spiro atoms. The van der Waals surface area contributed by atoms with Crippen LogP contribution in [-0.2, 0) is 37.8 Å². The molecule has 1 unspecified atom stereocenters. The van der Waals surface area contributed by atoms with Crippen LogP contribution in [0.3, 0.4) is 0 Å². The molecular weight excluding hydrogens is 550 g/mol. The van der Waals surface area contributed by atoms with E-state index >= 15 is 0 Å². The summed E-state index contributed by atoms with van der Waals surface area (Å²) in [6.07, 6.45) is 1.70. The van der Waals surface area contributed by atoms with Crippen molar-refractivity contribution >= 4 is 38.7 Å². The number of fused-ring (bicyclic) bond motifs is 2. The Morgan fingerprint density at radius 3 is 2.46 bits per heavy atom. The summed E-state index contributed by atoms with van der Waals surface area (Å²) in [6.45, 7) is 1.97.